The molecule has 0 aromatic heterocycles. The summed E-state index contributed by atoms with van der Waals surface area (Å²) >= 11 is 5.48. The van der Waals surface area contributed by atoms with Gasteiger partial charge in [0.2, 0.25) is 0 Å². The number of benzene rings is 2. The molecule has 0 fully saturated rings. The van der Waals surface area contributed by atoms with Crippen molar-refractivity contribution in [2.24, 2.45) is 4.36 Å². The van der Waals surface area contributed by atoms with Gasteiger partial charge < -0.3 is 4.55 Å². The molecular weight excluding hydrogens is 326 g/mol. The van der Waals surface area contributed by atoms with Crippen LogP contribution in [0.25, 0.3) is 0 Å². The Balaban J connectivity index is 1.98. The molecule has 5 heteroatoms. The molecule has 23 heavy (non-hydrogen) atoms. The summed E-state index contributed by atoms with van der Waals surface area (Å²) < 4.78 is 24.5. The van der Waals surface area contributed by atoms with Gasteiger partial charge in [0.05, 0.1) is 5.69 Å². The first-order valence-electron chi connectivity index (χ1n) is 7.42. The van der Waals surface area contributed by atoms with Gasteiger partial charge in [-0.3, -0.25) is 0 Å². The fraction of sp³-hybridized carbons (Fsp3) is 0.278. The van der Waals surface area contributed by atoms with Crippen molar-refractivity contribution in [2.45, 2.75) is 26.2 Å². The minimum atomic E-state index is -3.13. The number of aryl methyl sites for hydroxylation is 2. The highest BCUT2D eigenvalue weighted by atomic mass is 32.2. The third-order valence-electron chi connectivity index (χ3n) is 3.36. The Labute approximate surface area is 143 Å². The minimum absolute atomic E-state index is 0.513. The summed E-state index contributed by atoms with van der Waals surface area (Å²) in [6.45, 7) is 2.09. The van der Waals surface area contributed by atoms with Crippen molar-refractivity contribution >= 4 is 32.8 Å². The summed E-state index contributed by atoms with van der Waals surface area (Å²) in [4.78, 5) is 0.977. The highest BCUT2D eigenvalue weighted by Gasteiger charge is 2.03. The van der Waals surface area contributed by atoms with E-state index in [1.54, 1.807) is 6.07 Å². The SMILES string of the molecule is Cc1cccc(CCC(=S)Cc2cccc(N=S(C)(=O)O)c2)c1. The van der Waals surface area contributed by atoms with Gasteiger partial charge in [0.25, 0.3) is 0 Å². The van der Waals surface area contributed by atoms with E-state index < -0.39 is 10.0 Å². The summed E-state index contributed by atoms with van der Waals surface area (Å²) in [6.07, 6.45) is 3.67. The van der Waals surface area contributed by atoms with Crippen LogP contribution in [0.3, 0.4) is 0 Å². The molecule has 0 bridgehead atoms. The second-order valence-corrected chi connectivity index (χ2v) is 8.01. The molecule has 0 aliphatic rings. The summed E-state index contributed by atoms with van der Waals surface area (Å²) in [5.41, 5.74) is 4.08. The van der Waals surface area contributed by atoms with Gasteiger partial charge >= 0.3 is 0 Å². The van der Waals surface area contributed by atoms with Crippen LogP contribution in [0.15, 0.2) is 52.9 Å². The monoisotopic (exact) mass is 347 g/mol. The lowest BCUT2D eigenvalue weighted by atomic mass is 10.0. The van der Waals surface area contributed by atoms with E-state index in [1.165, 1.54) is 17.4 Å². The van der Waals surface area contributed by atoms with Crippen LogP contribution in [0.5, 0.6) is 0 Å². The lowest BCUT2D eigenvalue weighted by molar-refractivity contribution is 0.559. The second kappa shape index (κ2) is 7.81. The van der Waals surface area contributed by atoms with Crippen LogP contribution >= 0.6 is 12.2 Å². The molecule has 3 nitrogen and oxygen atoms in total. The van der Waals surface area contributed by atoms with Crippen molar-refractivity contribution in [3.05, 3.63) is 65.2 Å². The number of hydrogen-bond acceptors (Lipinski definition) is 3. The van der Waals surface area contributed by atoms with Gasteiger partial charge in [-0.2, -0.15) is 4.36 Å². The fourth-order valence-electron chi connectivity index (χ4n) is 2.39. The first-order chi connectivity index (χ1) is 10.8. The van der Waals surface area contributed by atoms with Gasteiger partial charge in [0, 0.05) is 12.7 Å². The maximum atomic E-state index is 11.3. The molecule has 0 aliphatic carbocycles. The molecule has 2 rings (SSSR count). The first-order valence-corrected chi connectivity index (χ1v) is 9.71. The average molecular weight is 348 g/mol. The Hall–Kier alpha value is -1.56. The predicted molar refractivity (Wildman–Crippen MR) is 101 cm³/mol. The molecular formula is C18H21NO2S2. The topological polar surface area (TPSA) is 49.7 Å². The van der Waals surface area contributed by atoms with E-state index in [9.17, 15) is 8.76 Å². The summed E-state index contributed by atoms with van der Waals surface area (Å²) in [5, 5.41) is 0. The van der Waals surface area contributed by atoms with Gasteiger partial charge in [-0.1, -0.05) is 54.2 Å². The Morgan fingerprint density at radius 2 is 1.87 bits per heavy atom. The van der Waals surface area contributed by atoms with Crippen molar-refractivity contribution in [2.75, 3.05) is 6.26 Å². The standard InChI is InChI=1S/C18H21NO2S2/c1-14-5-3-6-15(11-14)9-10-18(22)13-16-7-4-8-17(12-16)19-23(2,20)21/h3-8,11-12H,9-10,13H2,1-2H3,(H,19,20,21). The molecule has 1 N–H and O–H groups in total. The van der Waals surface area contributed by atoms with Crippen molar-refractivity contribution in [3.8, 4) is 0 Å². The molecule has 122 valence electrons. The van der Waals surface area contributed by atoms with Gasteiger partial charge in [-0.15, -0.1) is 0 Å². The van der Waals surface area contributed by atoms with Crippen molar-refractivity contribution in [1.82, 2.24) is 0 Å². The quantitative estimate of drug-likeness (QED) is 0.768. The molecule has 0 saturated heterocycles. The Kier molecular flexibility index (Phi) is 6.04. The van der Waals surface area contributed by atoms with Crippen LogP contribution in [0.4, 0.5) is 5.69 Å². The maximum absolute atomic E-state index is 11.3. The lowest BCUT2D eigenvalue weighted by Gasteiger charge is -2.06. The van der Waals surface area contributed by atoms with E-state index >= 15 is 0 Å². The average Bonchev–Trinajstić information content (AvgIpc) is 2.44. The molecule has 1 unspecified atom stereocenters. The predicted octanol–water partition coefficient (Wildman–Crippen LogP) is 4.74. The Bertz CT molecular complexity index is 813. The van der Waals surface area contributed by atoms with Crippen LogP contribution in [0.2, 0.25) is 0 Å². The van der Waals surface area contributed by atoms with E-state index in [-0.39, 0.29) is 0 Å². The zero-order valence-corrected chi connectivity index (χ0v) is 15.0. The summed E-state index contributed by atoms with van der Waals surface area (Å²) in [7, 11) is -3.13. The van der Waals surface area contributed by atoms with E-state index in [4.69, 9.17) is 12.2 Å². The maximum Gasteiger partial charge on any atom is 0.162 e. The van der Waals surface area contributed by atoms with Gasteiger partial charge in [0.15, 0.2) is 10.0 Å². The Morgan fingerprint density at radius 1 is 1.17 bits per heavy atom. The molecule has 0 heterocycles. The molecule has 0 amide bonds. The Morgan fingerprint density at radius 3 is 2.57 bits per heavy atom. The number of nitrogens with zero attached hydrogens (tertiary/aromatic N) is 1. The number of thiocarbonyl (C=S) groups is 1. The molecule has 2 aromatic carbocycles. The highest BCUT2D eigenvalue weighted by molar-refractivity contribution is 7.87. The third kappa shape index (κ3) is 6.60. The van der Waals surface area contributed by atoms with Crippen LogP contribution in [0, 0.1) is 6.92 Å². The van der Waals surface area contributed by atoms with Gasteiger partial charge in [-0.25, -0.2) is 4.21 Å². The van der Waals surface area contributed by atoms with Crippen molar-refractivity contribution in [1.29, 1.82) is 0 Å². The first kappa shape index (κ1) is 17.8. The van der Waals surface area contributed by atoms with E-state index in [0.717, 1.165) is 23.3 Å². The number of rotatable bonds is 6. The van der Waals surface area contributed by atoms with Crippen LogP contribution < -0.4 is 0 Å². The zero-order chi connectivity index (χ0) is 16.9. The molecule has 0 radical (unpaired) electrons. The molecule has 0 spiro atoms. The summed E-state index contributed by atoms with van der Waals surface area (Å²) in [5.74, 6) is 0. The highest BCUT2D eigenvalue weighted by Crippen LogP contribution is 2.17. The van der Waals surface area contributed by atoms with Gasteiger partial charge in [0.1, 0.15) is 0 Å². The lowest BCUT2D eigenvalue weighted by Crippen LogP contribution is -2.02. The van der Waals surface area contributed by atoms with E-state index in [2.05, 4.69) is 35.6 Å². The van der Waals surface area contributed by atoms with Crippen LogP contribution in [-0.2, 0) is 22.9 Å². The fourth-order valence-corrected chi connectivity index (χ4v) is 3.16. The normalized spacial score (nSPS) is 13.3. The molecule has 2 aromatic rings. The van der Waals surface area contributed by atoms with Gasteiger partial charge in [-0.05, 0) is 47.9 Å². The van der Waals surface area contributed by atoms with Crippen molar-refractivity contribution < 1.29 is 8.76 Å². The second-order valence-electron chi connectivity index (χ2n) is 5.73. The van der Waals surface area contributed by atoms with E-state index in [1.807, 2.05) is 18.2 Å². The van der Waals surface area contributed by atoms with Crippen molar-refractivity contribution in [3.63, 3.8) is 0 Å². The van der Waals surface area contributed by atoms with E-state index in [0.29, 0.717) is 12.1 Å². The summed E-state index contributed by atoms with van der Waals surface area (Å²) in [6, 6.07) is 15.8. The third-order valence-corrected chi connectivity index (χ3v) is 4.26. The molecule has 0 saturated carbocycles. The largest absolute Gasteiger partial charge is 0.300 e. The molecule has 1 atom stereocenters. The smallest absolute Gasteiger partial charge is 0.162 e. The van der Waals surface area contributed by atoms with Crippen LogP contribution in [-0.4, -0.2) is 19.9 Å². The number of hydrogen-bond donors (Lipinski definition) is 1. The zero-order valence-electron chi connectivity index (χ0n) is 13.4. The minimum Gasteiger partial charge on any atom is -0.300 e. The van der Waals surface area contributed by atoms with Crippen LogP contribution in [0.1, 0.15) is 23.1 Å². The molecule has 0 aliphatic heterocycles.